The Bertz CT molecular complexity index is 486. The van der Waals surface area contributed by atoms with E-state index in [9.17, 15) is 9.18 Å². The van der Waals surface area contributed by atoms with Crippen LogP contribution in [-0.2, 0) is 4.79 Å². The predicted octanol–water partition coefficient (Wildman–Crippen LogP) is 2.83. The van der Waals surface area contributed by atoms with Crippen molar-refractivity contribution in [1.82, 2.24) is 0 Å². The Morgan fingerprint density at radius 1 is 1.50 bits per heavy atom. The number of benzene rings is 1. The Balaban J connectivity index is 3.05. The lowest BCUT2D eigenvalue weighted by Gasteiger charge is -2.22. The van der Waals surface area contributed by atoms with Gasteiger partial charge in [0.25, 0.3) is 0 Å². The highest BCUT2D eigenvalue weighted by atomic mass is 32.1. The molecule has 98 valence electrons. The average Bonchev–Trinajstić information content (AvgIpc) is 2.31. The Hall–Kier alpha value is -1.49. The summed E-state index contributed by atoms with van der Waals surface area (Å²) in [7, 11) is 0. The summed E-state index contributed by atoms with van der Waals surface area (Å²) in [5, 5.41) is 2.74. The van der Waals surface area contributed by atoms with Gasteiger partial charge in [-0.3, -0.25) is 4.79 Å². The topological polar surface area (TPSA) is 55.1 Å². The molecule has 0 aliphatic rings. The molecule has 1 rings (SSSR count). The number of halogens is 1. The van der Waals surface area contributed by atoms with E-state index in [1.807, 2.05) is 20.8 Å². The molecule has 0 spiro atoms. The van der Waals surface area contributed by atoms with E-state index >= 15 is 0 Å². The Morgan fingerprint density at radius 2 is 2.11 bits per heavy atom. The van der Waals surface area contributed by atoms with E-state index in [-0.39, 0.29) is 10.9 Å². The van der Waals surface area contributed by atoms with Crippen molar-refractivity contribution in [3.05, 3.63) is 29.6 Å². The first-order valence-electron chi connectivity index (χ1n) is 5.68. The highest BCUT2D eigenvalue weighted by Crippen LogP contribution is 2.24. The molecule has 0 radical (unpaired) electrons. The second-order valence-electron chi connectivity index (χ2n) is 4.75. The number of hydrogen-bond donors (Lipinski definition) is 2. The number of hydrogen-bond acceptors (Lipinski definition) is 2. The molecule has 0 saturated carbocycles. The molecule has 5 heteroatoms. The largest absolute Gasteiger partial charge is 0.389 e. The molecule has 1 amide bonds. The minimum Gasteiger partial charge on any atom is -0.389 e. The van der Waals surface area contributed by atoms with Crippen LogP contribution in [0.3, 0.4) is 0 Å². The van der Waals surface area contributed by atoms with Gasteiger partial charge in [0, 0.05) is 11.0 Å². The van der Waals surface area contributed by atoms with E-state index in [2.05, 4.69) is 5.32 Å². The maximum Gasteiger partial charge on any atom is 0.230 e. The van der Waals surface area contributed by atoms with Crippen LogP contribution >= 0.6 is 12.2 Å². The van der Waals surface area contributed by atoms with Gasteiger partial charge in [0.15, 0.2) is 0 Å². The maximum atomic E-state index is 13.1. The Labute approximate surface area is 112 Å². The molecular formula is C13H17FN2OS. The third kappa shape index (κ3) is 3.26. The number of anilines is 1. The van der Waals surface area contributed by atoms with Gasteiger partial charge in [-0.15, -0.1) is 0 Å². The molecule has 0 aliphatic carbocycles. The summed E-state index contributed by atoms with van der Waals surface area (Å²) >= 11 is 4.84. The summed E-state index contributed by atoms with van der Waals surface area (Å²) in [6, 6.07) is 3.95. The molecule has 0 aromatic heterocycles. The maximum absolute atomic E-state index is 13.1. The molecule has 3 N–H and O–H groups in total. The van der Waals surface area contributed by atoms with E-state index in [1.165, 1.54) is 18.2 Å². The highest BCUT2D eigenvalue weighted by Gasteiger charge is 2.26. The van der Waals surface area contributed by atoms with Crippen LogP contribution in [0.2, 0.25) is 0 Å². The van der Waals surface area contributed by atoms with Crippen molar-refractivity contribution in [2.75, 3.05) is 5.32 Å². The van der Waals surface area contributed by atoms with Crippen molar-refractivity contribution in [2.24, 2.45) is 11.1 Å². The molecule has 18 heavy (non-hydrogen) atoms. The van der Waals surface area contributed by atoms with Crippen molar-refractivity contribution in [1.29, 1.82) is 0 Å². The summed E-state index contributed by atoms with van der Waals surface area (Å²) in [4.78, 5) is 12.1. The number of amides is 1. The van der Waals surface area contributed by atoms with Crippen molar-refractivity contribution in [3.63, 3.8) is 0 Å². The summed E-state index contributed by atoms with van der Waals surface area (Å²) in [5.41, 5.74) is 5.79. The van der Waals surface area contributed by atoms with Crippen LogP contribution in [0.5, 0.6) is 0 Å². The van der Waals surface area contributed by atoms with Gasteiger partial charge in [-0.2, -0.15) is 0 Å². The third-order valence-electron chi connectivity index (χ3n) is 2.99. The van der Waals surface area contributed by atoms with E-state index in [1.54, 1.807) is 0 Å². The molecule has 0 atom stereocenters. The minimum atomic E-state index is -0.498. The highest BCUT2D eigenvalue weighted by molar-refractivity contribution is 7.80. The van der Waals surface area contributed by atoms with Crippen molar-refractivity contribution in [3.8, 4) is 0 Å². The lowest BCUT2D eigenvalue weighted by atomic mass is 9.89. The summed E-state index contributed by atoms with van der Waals surface area (Å²) < 4.78 is 13.1. The fourth-order valence-electron chi connectivity index (χ4n) is 1.28. The average molecular weight is 268 g/mol. The smallest absolute Gasteiger partial charge is 0.230 e. The zero-order chi connectivity index (χ0) is 13.9. The number of thiocarbonyl (C=S) groups is 1. The van der Waals surface area contributed by atoms with Gasteiger partial charge in [-0.05, 0) is 24.6 Å². The quantitative estimate of drug-likeness (QED) is 0.826. The van der Waals surface area contributed by atoms with Crippen molar-refractivity contribution < 1.29 is 9.18 Å². The second-order valence-corrected chi connectivity index (χ2v) is 5.19. The Kier molecular flexibility index (Phi) is 4.40. The van der Waals surface area contributed by atoms with Crippen LogP contribution in [-0.4, -0.2) is 10.9 Å². The number of rotatable bonds is 4. The number of nitrogens with one attached hydrogen (secondary N) is 1. The van der Waals surface area contributed by atoms with Gasteiger partial charge >= 0.3 is 0 Å². The lowest BCUT2D eigenvalue weighted by Crippen LogP contribution is -2.31. The van der Waals surface area contributed by atoms with Crippen LogP contribution in [0.15, 0.2) is 18.2 Å². The van der Waals surface area contributed by atoms with E-state index < -0.39 is 11.2 Å². The van der Waals surface area contributed by atoms with Gasteiger partial charge in [-0.1, -0.05) is 33.0 Å². The fraction of sp³-hybridized carbons (Fsp3) is 0.385. The molecule has 0 fully saturated rings. The van der Waals surface area contributed by atoms with Crippen LogP contribution in [0.4, 0.5) is 10.1 Å². The normalized spacial score (nSPS) is 11.1. The zero-order valence-corrected chi connectivity index (χ0v) is 11.5. The predicted molar refractivity (Wildman–Crippen MR) is 75.0 cm³/mol. The second kappa shape index (κ2) is 5.44. The van der Waals surface area contributed by atoms with Gasteiger partial charge in [0.2, 0.25) is 5.91 Å². The first-order chi connectivity index (χ1) is 8.27. The van der Waals surface area contributed by atoms with Crippen LogP contribution in [0, 0.1) is 11.2 Å². The molecule has 0 aliphatic heterocycles. The summed E-state index contributed by atoms with van der Waals surface area (Å²) in [6.45, 7) is 5.61. The summed E-state index contributed by atoms with van der Waals surface area (Å²) in [6.07, 6.45) is 0.697. The Morgan fingerprint density at radius 3 is 2.61 bits per heavy atom. The number of carbonyl (C=O) groups excluding carboxylic acids is 1. The first kappa shape index (κ1) is 14.6. The monoisotopic (exact) mass is 268 g/mol. The van der Waals surface area contributed by atoms with E-state index in [0.717, 1.165) is 0 Å². The summed E-state index contributed by atoms with van der Waals surface area (Å²) in [5.74, 6) is -0.584. The molecule has 3 nitrogen and oxygen atoms in total. The number of carbonyl (C=O) groups is 1. The van der Waals surface area contributed by atoms with E-state index in [0.29, 0.717) is 17.7 Å². The van der Waals surface area contributed by atoms with Gasteiger partial charge in [0.1, 0.15) is 10.8 Å². The molecule has 0 unspecified atom stereocenters. The molecule has 0 saturated heterocycles. The molecular weight excluding hydrogens is 251 g/mol. The lowest BCUT2D eigenvalue weighted by molar-refractivity contribution is -0.124. The van der Waals surface area contributed by atoms with Crippen molar-refractivity contribution in [2.45, 2.75) is 27.2 Å². The zero-order valence-electron chi connectivity index (χ0n) is 10.7. The molecule has 0 bridgehead atoms. The van der Waals surface area contributed by atoms with E-state index in [4.69, 9.17) is 18.0 Å². The van der Waals surface area contributed by atoms with Gasteiger partial charge in [-0.25, -0.2) is 4.39 Å². The number of nitrogens with two attached hydrogens (primary N) is 1. The standard InChI is InChI=1S/C13H17FN2OS/c1-4-13(2,3)12(17)16-10-6-5-8(14)7-9(10)11(15)18/h5-7H,4H2,1-3H3,(H2,15,18)(H,16,17). The molecule has 1 aromatic carbocycles. The first-order valence-corrected chi connectivity index (χ1v) is 6.09. The van der Waals surface area contributed by atoms with Gasteiger partial charge in [0.05, 0.1) is 5.69 Å². The minimum absolute atomic E-state index is 0.0547. The fourth-order valence-corrected chi connectivity index (χ4v) is 1.45. The van der Waals surface area contributed by atoms with Crippen molar-refractivity contribution >= 4 is 28.8 Å². The third-order valence-corrected chi connectivity index (χ3v) is 3.21. The SMILES string of the molecule is CCC(C)(C)C(=O)Nc1ccc(F)cc1C(N)=S. The van der Waals surface area contributed by atoms with Crippen LogP contribution in [0.25, 0.3) is 0 Å². The molecule has 0 heterocycles. The molecule has 1 aromatic rings. The van der Waals surface area contributed by atoms with Crippen LogP contribution < -0.4 is 11.1 Å². The van der Waals surface area contributed by atoms with Gasteiger partial charge < -0.3 is 11.1 Å². The van der Waals surface area contributed by atoms with Crippen LogP contribution in [0.1, 0.15) is 32.8 Å².